The van der Waals surface area contributed by atoms with E-state index >= 15 is 0 Å². The molecule has 4 rings (SSSR count). The van der Waals surface area contributed by atoms with Crippen molar-refractivity contribution in [2.75, 3.05) is 5.32 Å². The highest BCUT2D eigenvalue weighted by Crippen LogP contribution is 2.32. The first-order valence-electron chi connectivity index (χ1n) is 8.20. The van der Waals surface area contributed by atoms with E-state index in [4.69, 9.17) is 0 Å². The fraction of sp³-hybridized carbons (Fsp3) is 0.263. The predicted molar refractivity (Wildman–Crippen MR) is 97.0 cm³/mol. The number of hydrogen-bond donors (Lipinski definition) is 1. The number of aryl methyl sites for hydroxylation is 1. The van der Waals surface area contributed by atoms with Crippen LogP contribution in [0.3, 0.4) is 0 Å². The third kappa shape index (κ3) is 2.99. The fourth-order valence-electron chi connectivity index (χ4n) is 3.17. The van der Waals surface area contributed by atoms with E-state index in [2.05, 4.69) is 23.3 Å². The molecular weight excluding hydrogens is 318 g/mol. The highest BCUT2D eigenvalue weighted by atomic mass is 32.1. The Morgan fingerprint density at radius 3 is 3.12 bits per heavy atom. The summed E-state index contributed by atoms with van der Waals surface area (Å²) in [7, 11) is 0. The number of hydrogen-bond acceptors (Lipinski definition) is 3. The number of amides is 1. The standard InChI is InChI=1S/C19H19N3OS/c1-13-5-6-17-14(9-13)10-18(24-17)19(23)21-15-3-2-4-16(11-15)22-8-7-20-12-22/h2-4,7-8,10-13H,5-6,9H2,1H3,(H,21,23). The highest BCUT2D eigenvalue weighted by molar-refractivity contribution is 7.14. The van der Waals surface area contributed by atoms with Gasteiger partial charge in [-0.15, -0.1) is 11.3 Å². The fourth-order valence-corrected chi connectivity index (χ4v) is 4.27. The zero-order chi connectivity index (χ0) is 16.5. The topological polar surface area (TPSA) is 46.9 Å². The largest absolute Gasteiger partial charge is 0.321 e. The van der Waals surface area contributed by atoms with Crippen molar-refractivity contribution in [2.24, 2.45) is 5.92 Å². The van der Waals surface area contributed by atoms with Gasteiger partial charge in [-0.1, -0.05) is 13.0 Å². The molecule has 0 saturated carbocycles. The second-order valence-electron chi connectivity index (χ2n) is 6.38. The molecule has 2 heterocycles. The van der Waals surface area contributed by atoms with Crippen LogP contribution in [-0.4, -0.2) is 15.5 Å². The Morgan fingerprint density at radius 2 is 2.29 bits per heavy atom. The Hall–Kier alpha value is -2.40. The number of fused-ring (bicyclic) bond motifs is 1. The lowest BCUT2D eigenvalue weighted by molar-refractivity contribution is 0.103. The predicted octanol–water partition coefficient (Wildman–Crippen LogP) is 4.31. The van der Waals surface area contributed by atoms with E-state index in [1.807, 2.05) is 35.0 Å². The lowest BCUT2D eigenvalue weighted by atomic mass is 9.90. The van der Waals surface area contributed by atoms with Crippen molar-refractivity contribution in [2.45, 2.75) is 26.2 Å². The molecule has 0 bridgehead atoms. The summed E-state index contributed by atoms with van der Waals surface area (Å²) in [6, 6.07) is 9.86. The molecule has 0 fully saturated rings. The van der Waals surface area contributed by atoms with Gasteiger partial charge in [0.2, 0.25) is 0 Å². The number of carbonyl (C=O) groups is 1. The molecule has 0 radical (unpaired) electrons. The molecule has 1 aliphatic rings. The lowest BCUT2D eigenvalue weighted by Crippen LogP contribution is -2.10. The molecule has 1 unspecified atom stereocenters. The van der Waals surface area contributed by atoms with E-state index in [-0.39, 0.29) is 5.91 Å². The maximum Gasteiger partial charge on any atom is 0.265 e. The van der Waals surface area contributed by atoms with Gasteiger partial charge in [-0.2, -0.15) is 0 Å². The summed E-state index contributed by atoms with van der Waals surface area (Å²) < 4.78 is 1.92. The molecule has 1 aliphatic carbocycles. The highest BCUT2D eigenvalue weighted by Gasteiger charge is 2.20. The maximum absolute atomic E-state index is 12.6. The van der Waals surface area contributed by atoms with Crippen molar-refractivity contribution in [3.8, 4) is 5.69 Å². The van der Waals surface area contributed by atoms with E-state index in [1.54, 1.807) is 23.9 Å². The van der Waals surface area contributed by atoms with Gasteiger partial charge < -0.3 is 9.88 Å². The minimum absolute atomic E-state index is 0.0233. The summed E-state index contributed by atoms with van der Waals surface area (Å²) in [6.07, 6.45) is 8.79. The third-order valence-electron chi connectivity index (χ3n) is 4.46. The number of thiophene rings is 1. The van der Waals surface area contributed by atoms with Gasteiger partial charge in [-0.3, -0.25) is 4.79 Å². The molecule has 3 aromatic rings. The van der Waals surface area contributed by atoms with Gasteiger partial charge in [-0.25, -0.2) is 4.98 Å². The number of benzene rings is 1. The molecule has 1 amide bonds. The molecule has 24 heavy (non-hydrogen) atoms. The molecule has 0 spiro atoms. The van der Waals surface area contributed by atoms with Gasteiger partial charge in [0.1, 0.15) is 0 Å². The number of imidazole rings is 1. The van der Waals surface area contributed by atoms with Crippen LogP contribution in [0.1, 0.15) is 33.5 Å². The van der Waals surface area contributed by atoms with Crippen molar-refractivity contribution >= 4 is 22.9 Å². The second kappa shape index (κ2) is 6.24. The monoisotopic (exact) mass is 337 g/mol. The van der Waals surface area contributed by atoms with Crippen molar-refractivity contribution in [3.63, 3.8) is 0 Å². The Labute approximate surface area is 145 Å². The molecule has 122 valence electrons. The van der Waals surface area contributed by atoms with Gasteiger partial charge in [0.25, 0.3) is 5.91 Å². The first-order chi connectivity index (χ1) is 11.7. The van der Waals surface area contributed by atoms with E-state index in [0.717, 1.165) is 35.0 Å². The normalized spacial score (nSPS) is 16.6. The van der Waals surface area contributed by atoms with Crippen molar-refractivity contribution in [1.82, 2.24) is 9.55 Å². The smallest absolute Gasteiger partial charge is 0.265 e. The second-order valence-corrected chi connectivity index (χ2v) is 7.52. The van der Waals surface area contributed by atoms with Crippen LogP contribution in [0.15, 0.2) is 49.1 Å². The number of carbonyl (C=O) groups excluding carboxylic acids is 1. The van der Waals surface area contributed by atoms with Gasteiger partial charge in [0.05, 0.1) is 11.2 Å². The first kappa shape index (κ1) is 15.1. The van der Waals surface area contributed by atoms with Crippen LogP contribution < -0.4 is 5.32 Å². The van der Waals surface area contributed by atoms with E-state index in [9.17, 15) is 4.79 Å². The SMILES string of the molecule is CC1CCc2sc(C(=O)Nc3cccc(-n4ccnc4)c3)cc2C1. The number of anilines is 1. The van der Waals surface area contributed by atoms with Crippen molar-refractivity contribution < 1.29 is 4.79 Å². The summed E-state index contributed by atoms with van der Waals surface area (Å²) in [6.45, 7) is 2.28. The quantitative estimate of drug-likeness (QED) is 0.774. The maximum atomic E-state index is 12.6. The molecule has 1 aromatic carbocycles. The summed E-state index contributed by atoms with van der Waals surface area (Å²) in [5.74, 6) is 0.694. The minimum Gasteiger partial charge on any atom is -0.321 e. The summed E-state index contributed by atoms with van der Waals surface area (Å²) >= 11 is 1.64. The minimum atomic E-state index is -0.0233. The number of nitrogens with one attached hydrogen (secondary N) is 1. The molecule has 0 aliphatic heterocycles. The van der Waals surface area contributed by atoms with Crippen molar-refractivity contribution in [3.05, 3.63) is 64.4 Å². The Morgan fingerprint density at radius 1 is 1.38 bits per heavy atom. The van der Waals surface area contributed by atoms with Gasteiger partial charge in [-0.05, 0) is 55.0 Å². The Balaban J connectivity index is 1.53. The molecule has 0 saturated heterocycles. The average molecular weight is 337 g/mol. The van der Waals surface area contributed by atoms with E-state index in [0.29, 0.717) is 0 Å². The molecule has 1 atom stereocenters. The number of nitrogens with zero attached hydrogens (tertiary/aromatic N) is 2. The molecule has 5 heteroatoms. The van der Waals surface area contributed by atoms with Crippen LogP contribution in [0.4, 0.5) is 5.69 Å². The van der Waals surface area contributed by atoms with Gasteiger partial charge >= 0.3 is 0 Å². The molecular formula is C19H19N3OS. The first-order valence-corrected chi connectivity index (χ1v) is 9.02. The van der Waals surface area contributed by atoms with Gasteiger partial charge in [0, 0.05) is 28.6 Å². The molecule has 2 aromatic heterocycles. The van der Waals surface area contributed by atoms with Crippen molar-refractivity contribution in [1.29, 1.82) is 0 Å². The zero-order valence-electron chi connectivity index (χ0n) is 13.5. The van der Waals surface area contributed by atoms with Crippen LogP contribution in [0.5, 0.6) is 0 Å². The van der Waals surface area contributed by atoms with Crippen LogP contribution in [-0.2, 0) is 12.8 Å². The van der Waals surface area contributed by atoms with Crippen LogP contribution >= 0.6 is 11.3 Å². The summed E-state index contributed by atoms with van der Waals surface area (Å²) in [5.41, 5.74) is 3.13. The van der Waals surface area contributed by atoms with Crippen LogP contribution in [0.25, 0.3) is 5.69 Å². The number of rotatable bonds is 3. The van der Waals surface area contributed by atoms with Gasteiger partial charge in [0.15, 0.2) is 0 Å². The average Bonchev–Trinajstić information content (AvgIpc) is 3.24. The lowest BCUT2D eigenvalue weighted by Gasteiger charge is -2.16. The van der Waals surface area contributed by atoms with E-state index < -0.39 is 0 Å². The zero-order valence-corrected chi connectivity index (χ0v) is 14.3. The third-order valence-corrected chi connectivity index (χ3v) is 5.70. The molecule has 1 N–H and O–H groups in total. The Kier molecular flexibility index (Phi) is 3.94. The summed E-state index contributed by atoms with van der Waals surface area (Å²) in [5, 5.41) is 3.02. The molecule has 4 nitrogen and oxygen atoms in total. The summed E-state index contributed by atoms with van der Waals surface area (Å²) in [4.78, 5) is 18.8. The van der Waals surface area contributed by atoms with Crippen LogP contribution in [0, 0.1) is 5.92 Å². The van der Waals surface area contributed by atoms with E-state index in [1.165, 1.54) is 16.9 Å². The van der Waals surface area contributed by atoms with Crippen LogP contribution in [0.2, 0.25) is 0 Å². The Bertz CT molecular complexity index is 867. The number of aromatic nitrogens is 2.